The maximum absolute atomic E-state index is 12.9. The summed E-state index contributed by atoms with van der Waals surface area (Å²) >= 11 is 0. The van der Waals surface area contributed by atoms with Gasteiger partial charge in [0.1, 0.15) is 0 Å². The van der Waals surface area contributed by atoms with E-state index in [0.717, 1.165) is 11.1 Å². The zero-order valence-corrected chi connectivity index (χ0v) is 13.4. The summed E-state index contributed by atoms with van der Waals surface area (Å²) in [4.78, 5) is 40.1. The second-order valence-electron chi connectivity index (χ2n) is 6.14. The van der Waals surface area contributed by atoms with Crippen LogP contribution in [0.3, 0.4) is 0 Å². The zero-order chi connectivity index (χ0) is 17.4. The van der Waals surface area contributed by atoms with Crippen LogP contribution in [0.25, 0.3) is 0 Å². The minimum atomic E-state index is -0.885. The van der Waals surface area contributed by atoms with Crippen molar-refractivity contribution < 1.29 is 19.1 Å². The Balaban J connectivity index is 1.65. The number of urea groups is 1. The van der Waals surface area contributed by atoms with Crippen molar-refractivity contribution in [3.8, 4) is 0 Å². The Kier molecular flexibility index (Phi) is 3.72. The summed E-state index contributed by atoms with van der Waals surface area (Å²) in [6.45, 7) is 0.517. The van der Waals surface area contributed by atoms with Crippen molar-refractivity contribution in [2.24, 2.45) is 0 Å². The Bertz CT molecular complexity index is 754. The maximum Gasteiger partial charge on any atom is 0.339 e. The van der Waals surface area contributed by atoms with Gasteiger partial charge in [0, 0.05) is 13.1 Å². The molecule has 6 heteroatoms. The van der Waals surface area contributed by atoms with Crippen molar-refractivity contribution in [1.82, 2.24) is 9.80 Å². The number of hydrogen-bond donors (Lipinski definition) is 0. The lowest BCUT2D eigenvalue weighted by Gasteiger charge is -2.21. The number of fused-ring (bicyclic) bond motifs is 1. The number of nitrogens with zero attached hydrogens (tertiary/aromatic N) is 2. The zero-order valence-electron chi connectivity index (χ0n) is 13.4. The molecule has 2 fully saturated rings. The Morgan fingerprint density at radius 3 is 1.48 bits per heavy atom. The molecular weight excluding hydrogens is 320 g/mol. The van der Waals surface area contributed by atoms with Crippen molar-refractivity contribution in [3.05, 3.63) is 71.8 Å². The molecule has 0 N–H and O–H groups in total. The summed E-state index contributed by atoms with van der Waals surface area (Å²) < 4.78 is 4.80. The van der Waals surface area contributed by atoms with Crippen LogP contribution in [-0.2, 0) is 27.4 Å². The van der Waals surface area contributed by atoms with Gasteiger partial charge >= 0.3 is 18.0 Å². The van der Waals surface area contributed by atoms with E-state index in [0.29, 0.717) is 0 Å². The Morgan fingerprint density at radius 1 is 0.680 bits per heavy atom. The summed E-state index contributed by atoms with van der Waals surface area (Å²) in [7, 11) is 0. The molecule has 2 amide bonds. The first-order valence-electron chi connectivity index (χ1n) is 8.06. The number of carbonyl (C=O) groups excluding carboxylic acids is 3. The summed E-state index contributed by atoms with van der Waals surface area (Å²) in [5.74, 6) is -1.32. The van der Waals surface area contributed by atoms with Crippen LogP contribution in [0.4, 0.5) is 4.79 Å². The monoisotopic (exact) mass is 336 g/mol. The standard InChI is InChI=1S/C19H16N2O4/c22-17-15-16(18(23)25-17)21(12-14-9-5-2-6-10-14)19(24)20(15)11-13-7-3-1-4-8-13/h1-10,15-16H,11-12H2/t15-,16+. The number of carbonyl (C=O) groups is 3. The van der Waals surface area contributed by atoms with Gasteiger partial charge in [0.15, 0.2) is 12.1 Å². The molecular formula is C19H16N2O4. The predicted molar refractivity (Wildman–Crippen MR) is 88.0 cm³/mol. The van der Waals surface area contributed by atoms with E-state index in [9.17, 15) is 14.4 Å². The molecule has 2 heterocycles. The molecule has 126 valence electrons. The average molecular weight is 336 g/mol. The molecule has 0 spiro atoms. The molecule has 2 aromatic carbocycles. The summed E-state index contributed by atoms with van der Waals surface area (Å²) in [6.07, 6.45) is 0. The molecule has 2 saturated heterocycles. The van der Waals surface area contributed by atoms with E-state index in [4.69, 9.17) is 4.74 Å². The van der Waals surface area contributed by atoms with Crippen LogP contribution in [-0.4, -0.2) is 39.9 Å². The van der Waals surface area contributed by atoms with E-state index in [1.165, 1.54) is 9.80 Å². The van der Waals surface area contributed by atoms with E-state index in [1.54, 1.807) is 0 Å². The van der Waals surface area contributed by atoms with Gasteiger partial charge in [-0.2, -0.15) is 0 Å². The van der Waals surface area contributed by atoms with Crippen LogP contribution >= 0.6 is 0 Å². The highest BCUT2D eigenvalue weighted by Gasteiger charge is 2.59. The van der Waals surface area contributed by atoms with Gasteiger partial charge < -0.3 is 14.5 Å². The summed E-state index contributed by atoms with van der Waals surface area (Å²) in [6, 6.07) is 16.7. The van der Waals surface area contributed by atoms with E-state index >= 15 is 0 Å². The topological polar surface area (TPSA) is 66.9 Å². The smallest absolute Gasteiger partial charge is 0.339 e. The number of benzene rings is 2. The molecule has 0 radical (unpaired) electrons. The van der Waals surface area contributed by atoms with Gasteiger partial charge in [-0.3, -0.25) is 0 Å². The third-order valence-electron chi connectivity index (χ3n) is 4.54. The van der Waals surface area contributed by atoms with E-state index in [1.807, 2.05) is 60.7 Å². The highest BCUT2D eigenvalue weighted by Crippen LogP contribution is 2.32. The summed E-state index contributed by atoms with van der Waals surface area (Å²) in [5, 5.41) is 0. The van der Waals surface area contributed by atoms with Crippen LogP contribution in [0, 0.1) is 0 Å². The predicted octanol–water partition coefficient (Wildman–Crippen LogP) is 1.94. The lowest BCUT2D eigenvalue weighted by atomic mass is 10.1. The Morgan fingerprint density at radius 2 is 1.08 bits per heavy atom. The van der Waals surface area contributed by atoms with Crippen molar-refractivity contribution in [2.75, 3.05) is 0 Å². The first-order chi connectivity index (χ1) is 12.1. The normalized spacial score (nSPS) is 22.3. The van der Waals surface area contributed by atoms with E-state index < -0.39 is 24.0 Å². The lowest BCUT2D eigenvalue weighted by molar-refractivity contribution is -0.154. The molecule has 2 aromatic rings. The molecule has 6 nitrogen and oxygen atoms in total. The number of cyclic esters (lactones) is 2. The molecule has 2 atom stereocenters. The molecule has 2 aliphatic heterocycles. The molecule has 25 heavy (non-hydrogen) atoms. The first kappa shape index (κ1) is 15.4. The molecule has 0 unspecified atom stereocenters. The van der Waals surface area contributed by atoms with Gasteiger partial charge in [-0.25, -0.2) is 14.4 Å². The van der Waals surface area contributed by atoms with Crippen LogP contribution < -0.4 is 0 Å². The van der Waals surface area contributed by atoms with Gasteiger partial charge in [-0.05, 0) is 11.1 Å². The maximum atomic E-state index is 12.9. The molecule has 4 rings (SSSR count). The van der Waals surface area contributed by atoms with Gasteiger partial charge in [0.25, 0.3) is 0 Å². The van der Waals surface area contributed by atoms with Gasteiger partial charge in [-0.1, -0.05) is 60.7 Å². The fourth-order valence-electron chi connectivity index (χ4n) is 3.37. The van der Waals surface area contributed by atoms with Crippen molar-refractivity contribution >= 4 is 18.0 Å². The second-order valence-corrected chi connectivity index (χ2v) is 6.14. The molecule has 0 aliphatic carbocycles. The van der Waals surface area contributed by atoms with E-state index in [2.05, 4.69) is 0 Å². The number of ether oxygens (including phenoxy) is 1. The van der Waals surface area contributed by atoms with Crippen molar-refractivity contribution in [1.29, 1.82) is 0 Å². The SMILES string of the molecule is O=C1OC(=O)[C@H]2[C@@H]1N(Cc1ccccc1)C(=O)N2Cc1ccccc1. The minimum absolute atomic E-state index is 0.258. The highest BCUT2D eigenvalue weighted by molar-refractivity contribution is 6.06. The Hall–Kier alpha value is -3.15. The number of amides is 2. The lowest BCUT2D eigenvalue weighted by Crippen LogP contribution is -2.39. The van der Waals surface area contributed by atoms with Crippen LogP contribution in [0.1, 0.15) is 11.1 Å². The van der Waals surface area contributed by atoms with Gasteiger partial charge in [0.05, 0.1) is 0 Å². The van der Waals surface area contributed by atoms with Gasteiger partial charge in [0.2, 0.25) is 0 Å². The number of esters is 2. The number of rotatable bonds is 4. The highest BCUT2D eigenvalue weighted by atomic mass is 16.6. The third kappa shape index (κ3) is 2.65. The fraction of sp³-hybridized carbons (Fsp3) is 0.211. The van der Waals surface area contributed by atoms with Gasteiger partial charge in [-0.15, -0.1) is 0 Å². The van der Waals surface area contributed by atoms with Crippen LogP contribution in [0.2, 0.25) is 0 Å². The van der Waals surface area contributed by atoms with Crippen LogP contribution in [0.5, 0.6) is 0 Å². The first-order valence-corrected chi connectivity index (χ1v) is 8.06. The molecule has 0 aromatic heterocycles. The largest absolute Gasteiger partial charge is 0.390 e. The summed E-state index contributed by atoms with van der Waals surface area (Å²) in [5.41, 5.74) is 1.78. The quantitative estimate of drug-likeness (QED) is 0.632. The molecule has 0 bridgehead atoms. The third-order valence-corrected chi connectivity index (χ3v) is 4.54. The van der Waals surface area contributed by atoms with Crippen LogP contribution in [0.15, 0.2) is 60.7 Å². The molecule has 2 aliphatic rings. The fourth-order valence-corrected chi connectivity index (χ4v) is 3.37. The minimum Gasteiger partial charge on any atom is -0.390 e. The van der Waals surface area contributed by atoms with Crippen molar-refractivity contribution in [2.45, 2.75) is 25.2 Å². The van der Waals surface area contributed by atoms with Crippen molar-refractivity contribution in [3.63, 3.8) is 0 Å². The Labute approximate surface area is 144 Å². The molecule has 0 saturated carbocycles. The van der Waals surface area contributed by atoms with E-state index in [-0.39, 0.29) is 19.1 Å². The second kappa shape index (κ2) is 6.05. The average Bonchev–Trinajstić information content (AvgIpc) is 3.06. The number of hydrogen-bond acceptors (Lipinski definition) is 4.